The van der Waals surface area contributed by atoms with E-state index in [2.05, 4.69) is 31.6 Å². The normalized spacial score (nSPS) is 24.4. The summed E-state index contributed by atoms with van der Waals surface area (Å²) >= 11 is 1.46. The summed E-state index contributed by atoms with van der Waals surface area (Å²) in [5, 5.41) is 26.8. The number of aliphatic hydroxyl groups is 1. The van der Waals surface area contributed by atoms with Crippen molar-refractivity contribution < 1.29 is 27.9 Å². The van der Waals surface area contributed by atoms with Crippen LogP contribution in [0.1, 0.15) is 33.9 Å². The van der Waals surface area contributed by atoms with Crippen molar-refractivity contribution >= 4 is 33.3 Å². The smallest absolute Gasteiger partial charge is 0.194 e. The van der Waals surface area contributed by atoms with Crippen LogP contribution in [-0.4, -0.2) is 62.0 Å². The van der Waals surface area contributed by atoms with Crippen molar-refractivity contribution in [2.45, 2.75) is 44.3 Å². The van der Waals surface area contributed by atoms with Gasteiger partial charge in [0.25, 0.3) is 0 Å². The van der Waals surface area contributed by atoms with Crippen molar-refractivity contribution in [2.75, 3.05) is 6.54 Å². The van der Waals surface area contributed by atoms with Gasteiger partial charge >= 0.3 is 0 Å². The molecule has 42 heavy (non-hydrogen) atoms. The van der Waals surface area contributed by atoms with Crippen LogP contribution in [0.2, 0.25) is 0 Å². The maximum atomic E-state index is 13.9. The van der Waals surface area contributed by atoms with Crippen LogP contribution in [0.25, 0.3) is 21.5 Å². The first-order chi connectivity index (χ1) is 20.2. The average Bonchev–Trinajstić information content (AvgIpc) is 3.68. The lowest BCUT2D eigenvalue weighted by Crippen LogP contribution is -2.52. The number of nitrogens with zero attached hydrogens (tertiary/aromatic N) is 6. The quantitative estimate of drug-likeness (QED) is 0.233. The Balaban J connectivity index is 1.38. The molecule has 2 saturated heterocycles. The summed E-state index contributed by atoms with van der Waals surface area (Å²) in [7, 11) is 0. The highest BCUT2D eigenvalue weighted by Crippen LogP contribution is 2.37. The van der Waals surface area contributed by atoms with Gasteiger partial charge in [-0.15, -0.1) is 11.3 Å². The molecule has 4 aromatic rings. The maximum Gasteiger partial charge on any atom is 0.194 e. The summed E-state index contributed by atoms with van der Waals surface area (Å²) in [6.07, 6.45) is -1.42. The highest BCUT2D eigenvalue weighted by atomic mass is 32.1. The number of nitriles is 1. The van der Waals surface area contributed by atoms with Gasteiger partial charge in [-0.05, 0) is 43.7 Å². The lowest BCUT2D eigenvalue weighted by Gasteiger charge is -2.38. The van der Waals surface area contributed by atoms with E-state index in [9.17, 15) is 23.5 Å². The first kappa shape index (κ1) is 27.9. The van der Waals surface area contributed by atoms with E-state index in [-0.39, 0.29) is 23.5 Å². The number of allylic oxidation sites excluding steroid dienone is 1. The Morgan fingerprint density at radius 3 is 2.71 bits per heavy atom. The molecule has 5 unspecified atom stereocenters. The fourth-order valence-corrected chi connectivity index (χ4v) is 5.94. The Morgan fingerprint density at radius 2 is 2.00 bits per heavy atom. The number of hydrogen-bond acceptors (Lipinski definition) is 11. The number of thiazole rings is 1. The first-order valence-electron chi connectivity index (χ1n) is 12.8. The van der Waals surface area contributed by atoms with E-state index < -0.39 is 47.9 Å². The third-order valence-electron chi connectivity index (χ3n) is 7.02. The molecule has 11 nitrogen and oxygen atoms in total. The molecule has 0 amide bonds. The van der Waals surface area contributed by atoms with Crippen molar-refractivity contribution in [3.05, 3.63) is 75.7 Å². The topological polar surface area (TPSA) is 156 Å². The lowest BCUT2D eigenvalue weighted by molar-refractivity contribution is -0.169. The molecule has 4 N–H and O–H groups in total. The number of rotatable bonds is 5. The van der Waals surface area contributed by atoms with Crippen LogP contribution in [0.4, 0.5) is 13.2 Å². The Kier molecular flexibility index (Phi) is 7.25. The second-order valence-electron chi connectivity index (χ2n) is 9.77. The molecule has 216 valence electrons. The van der Waals surface area contributed by atoms with Crippen LogP contribution in [-0.2, 0) is 9.57 Å². The Bertz CT molecular complexity index is 1780. The minimum atomic E-state index is -1.60. The second-order valence-corrected chi connectivity index (χ2v) is 11.0. The van der Waals surface area contributed by atoms with Gasteiger partial charge in [0.05, 0.1) is 33.0 Å². The second kappa shape index (κ2) is 10.9. The SMILES string of the molecule is Cc1nc(C2OC3CNOC3C(N=CC(=CN)c3cc(F)c(F)c(F)c3)C2O)n(-c2cc3sc(C)nc3cc2C#N)n1. The van der Waals surface area contributed by atoms with Crippen LogP contribution in [0.5, 0.6) is 0 Å². The Morgan fingerprint density at radius 1 is 1.24 bits per heavy atom. The molecule has 2 aromatic carbocycles. The highest BCUT2D eigenvalue weighted by molar-refractivity contribution is 7.18. The van der Waals surface area contributed by atoms with Crippen LogP contribution in [0.15, 0.2) is 35.5 Å². The number of aliphatic imine (C=N–C) groups is 1. The summed E-state index contributed by atoms with van der Waals surface area (Å²) in [5.74, 6) is -3.76. The number of fused-ring (bicyclic) bond motifs is 2. The summed E-state index contributed by atoms with van der Waals surface area (Å²) in [4.78, 5) is 19.1. The standard InChI is InChI=1S/C27H23F3N8O3S/c1-11-35-27(38(37-11)19-6-21-18(5-14(19)7-31)36-12(2)42-21)26-24(39)23(25-20(40-26)10-34-41-25)33-9-15(8-32)13-3-16(28)22(30)17(29)4-13/h3-6,8-9,20,23-26,34,39H,10,32H2,1-2H3. The Labute approximate surface area is 240 Å². The molecule has 2 aromatic heterocycles. The zero-order valence-electron chi connectivity index (χ0n) is 22.1. The molecule has 0 saturated carbocycles. The number of benzene rings is 2. The molecule has 5 atom stereocenters. The summed E-state index contributed by atoms with van der Waals surface area (Å²) in [6.45, 7) is 3.82. The molecule has 6 rings (SSSR count). The number of ether oxygens (including phenoxy) is 1. The van der Waals surface area contributed by atoms with E-state index in [1.807, 2.05) is 6.92 Å². The van der Waals surface area contributed by atoms with Gasteiger partial charge in [-0.25, -0.2) is 27.8 Å². The summed E-state index contributed by atoms with van der Waals surface area (Å²) < 4.78 is 49.8. The number of halogens is 3. The number of nitrogens with one attached hydrogen (secondary N) is 1. The van der Waals surface area contributed by atoms with Gasteiger partial charge in [0.1, 0.15) is 42.4 Å². The van der Waals surface area contributed by atoms with Crippen molar-refractivity contribution in [3.8, 4) is 11.8 Å². The minimum absolute atomic E-state index is 0.0501. The van der Waals surface area contributed by atoms with E-state index in [1.165, 1.54) is 22.2 Å². The van der Waals surface area contributed by atoms with Crippen LogP contribution < -0.4 is 11.2 Å². The predicted molar refractivity (Wildman–Crippen MR) is 146 cm³/mol. The highest BCUT2D eigenvalue weighted by Gasteiger charge is 2.50. The van der Waals surface area contributed by atoms with E-state index in [0.29, 0.717) is 22.6 Å². The van der Waals surface area contributed by atoms with Gasteiger partial charge in [-0.2, -0.15) is 15.8 Å². The monoisotopic (exact) mass is 596 g/mol. The number of nitrogens with two attached hydrogens (primary N) is 1. The zero-order chi connectivity index (χ0) is 29.7. The zero-order valence-corrected chi connectivity index (χ0v) is 22.9. The van der Waals surface area contributed by atoms with Crippen molar-refractivity contribution in [3.63, 3.8) is 0 Å². The molecule has 15 heteroatoms. The molecule has 0 spiro atoms. The number of aromatic nitrogens is 4. The number of aryl methyl sites for hydroxylation is 2. The largest absolute Gasteiger partial charge is 0.404 e. The number of aliphatic hydroxyl groups excluding tert-OH is 1. The van der Waals surface area contributed by atoms with E-state index in [4.69, 9.17) is 15.3 Å². The van der Waals surface area contributed by atoms with Gasteiger partial charge in [-0.1, -0.05) is 0 Å². The predicted octanol–water partition coefficient (Wildman–Crippen LogP) is 2.93. The third-order valence-corrected chi connectivity index (χ3v) is 7.96. The van der Waals surface area contributed by atoms with Crippen molar-refractivity contribution in [1.29, 1.82) is 5.26 Å². The molecular formula is C27H23F3N8O3S. The van der Waals surface area contributed by atoms with E-state index >= 15 is 0 Å². The van der Waals surface area contributed by atoms with Crippen LogP contribution in [0.3, 0.4) is 0 Å². The third kappa shape index (κ3) is 4.82. The van der Waals surface area contributed by atoms with Crippen LogP contribution >= 0.6 is 11.3 Å². The fourth-order valence-electron chi connectivity index (χ4n) is 5.10. The summed E-state index contributed by atoms with van der Waals surface area (Å²) in [5.41, 5.74) is 9.91. The molecule has 2 aliphatic rings. The molecule has 0 radical (unpaired) electrons. The molecule has 2 fully saturated rings. The Hall–Kier alpha value is -4.20. The number of hydrogen-bond donors (Lipinski definition) is 3. The van der Waals surface area contributed by atoms with Gasteiger partial charge in [0.15, 0.2) is 23.3 Å². The van der Waals surface area contributed by atoms with E-state index in [1.54, 1.807) is 19.1 Å². The van der Waals surface area contributed by atoms with Gasteiger partial charge in [0.2, 0.25) is 0 Å². The fraction of sp³-hybridized carbons (Fsp3) is 0.296. The minimum Gasteiger partial charge on any atom is -0.404 e. The van der Waals surface area contributed by atoms with Gasteiger partial charge in [-0.3, -0.25) is 9.83 Å². The lowest BCUT2D eigenvalue weighted by atomic mass is 9.92. The maximum absolute atomic E-state index is 13.9. The van der Waals surface area contributed by atoms with E-state index in [0.717, 1.165) is 28.0 Å². The molecule has 0 bridgehead atoms. The summed E-state index contributed by atoms with van der Waals surface area (Å²) in [6, 6.07) is 6.28. The first-order valence-corrected chi connectivity index (χ1v) is 13.6. The molecule has 0 aliphatic carbocycles. The molecule has 2 aliphatic heterocycles. The van der Waals surface area contributed by atoms with Crippen LogP contribution in [0, 0.1) is 42.6 Å². The van der Waals surface area contributed by atoms with Crippen molar-refractivity contribution in [2.24, 2.45) is 10.7 Å². The number of hydroxylamine groups is 1. The van der Waals surface area contributed by atoms with Gasteiger partial charge in [0, 0.05) is 18.0 Å². The molecule has 4 heterocycles. The van der Waals surface area contributed by atoms with Crippen molar-refractivity contribution in [1.82, 2.24) is 25.2 Å². The van der Waals surface area contributed by atoms with Gasteiger partial charge < -0.3 is 15.6 Å². The molecular weight excluding hydrogens is 573 g/mol. The average molecular weight is 597 g/mol.